The van der Waals surface area contributed by atoms with Crippen LogP contribution in [0.25, 0.3) is 0 Å². The van der Waals surface area contributed by atoms with Gasteiger partial charge in [0.1, 0.15) is 17.5 Å². The highest BCUT2D eigenvalue weighted by Crippen LogP contribution is 2.19. The van der Waals surface area contributed by atoms with E-state index in [1.807, 2.05) is 13.8 Å². The molecule has 1 unspecified atom stereocenters. The third kappa shape index (κ3) is 2.41. The number of anilines is 2. The number of aromatic nitrogens is 2. The first-order chi connectivity index (χ1) is 7.66. The van der Waals surface area contributed by atoms with Gasteiger partial charge in [-0.1, -0.05) is 0 Å². The molecule has 0 saturated carbocycles. The lowest BCUT2D eigenvalue weighted by Gasteiger charge is -2.24. The molecular weight excluding hydrogens is 204 g/mol. The Labute approximate surface area is 95.4 Å². The zero-order chi connectivity index (χ0) is 11.5. The number of nitrogens with two attached hydrogens (primary N) is 1. The fraction of sp³-hybridized carbons (Fsp3) is 0.636. The molecule has 2 heterocycles. The summed E-state index contributed by atoms with van der Waals surface area (Å²) in [5, 5.41) is 3.37. The molecule has 1 aromatic heterocycles. The van der Waals surface area contributed by atoms with Crippen LogP contribution in [0, 0.1) is 13.8 Å². The van der Waals surface area contributed by atoms with E-state index >= 15 is 0 Å². The number of hydrogen-bond acceptors (Lipinski definition) is 5. The highest BCUT2D eigenvalue weighted by Gasteiger charge is 2.16. The summed E-state index contributed by atoms with van der Waals surface area (Å²) in [5.41, 5.74) is 6.72. The minimum atomic E-state index is 0.334. The Morgan fingerprint density at radius 1 is 1.38 bits per heavy atom. The molecule has 1 saturated heterocycles. The second kappa shape index (κ2) is 4.65. The van der Waals surface area contributed by atoms with Crippen molar-refractivity contribution in [1.82, 2.24) is 9.97 Å². The zero-order valence-corrected chi connectivity index (χ0v) is 9.79. The van der Waals surface area contributed by atoms with E-state index in [0.717, 1.165) is 37.4 Å². The maximum Gasteiger partial charge on any atom is 0.135 e. The van der Waals surface area contributed by atoms with Crippen LogP contribution in [0.3, 0.4) is 0 Å². The van der Waals surface area contributed by atoms with E-state index in [1.54, 1.807) is 0 Å². The van der Waals surface area contributed by atoms with Gasteiger partial charge in [-0.25, -0.2) is 9.97 Å². The van der Waals surface area contributed by atoms with E-state index in [2.05, 4.69) is 15.3 Å². The minimum Gasteiger partial charge on any atom is -0.383 e. The quantitative estimate of drug-likeness (QED) is 0.788. The standard InChI is InChI=1S/C11H18N4O/c1-7-10(12)13-8(2)14-11(7)15-9-4-3-5-16-6-9/h9H,3-6H2,1-2H3,(H3,12,13,14,15). The molecule has 1 aliphatic rings. The van der Waals surface area contributed by atoms with Gasteiger partial charge in [0.25, 0.3) is 0 Å². The first-order valence-corrected chi connectivity index (χ1v) is 5.62. The SMILES string of the molecule is Cc1nc(N)c(C)c(NC2CCCOC2)n1. The van der Waals surface area contributed by atoms with Gasteiger partial charge in [-0.15, -0.1) is 0 Å². The van der Waals surface area contributed by atoms with Crippen molar-refractivity contribution in [2.45, 2.75) is 32.7 Å². The van der Waals surface area contributed by atoms with Crippen molar-refractivity contribution < 1.29 is 4.74 Å². The van der Waals surface area contributed by atoms with Crippen molar-refractivity contribution >= 4 is 11.6 Å². The summed E-state index contributed by atoms with van der Waals surface area (Å²) in [6.07, 6.45) is 2.21. The molecular formula is C11H18N4O. The molecule has 5 nitrogen and oxygen atoms in total. The van der Waals surface area contributed by atoms with E-state index < -0.39 is 0 Å². The lowest BCUT2D eigenvalue weighted by Crippen LogP contribution is -2.30. The highest BCUT2D eigenvalue weighted by atomic mass is 16.5. The van der Waals surface area contributed by atoms with Gasteiger partial charge in [-0.3, -0.25) is 0 Å². The van der Waals surface area contributed by atoms with Gasteiger partial charge in [-0.2, -0.15) is 0 Å². The first kappa shape index (κ1) is 11.1. The molecule has 3 N–H and O–H groups in total. The highest BCUT2D eigenvalue weighted by molar-refractivity contribution is 5.55. The number of rotatable bonds is 2. The Kier molecular flexibility index (Phi) is 3.24. The molecule has 1 atom stereocenters. The van der Waals surface area contributed by atoms with E-state index in [-0.39, 0.29) is 0 Å². The van der Waals surface area contributed by atoms with Crippen LogP contribution in [0.2, 0.25) is 0 Å². The summed E-state index contributed by atoms with van der Waals surface area (Å²) in [4.78, 5) is 8.49. The predicted octanol–water partition coefficient (Wildman–Crippen LogP) is 1.27. The second-order valence-electron chi connectivity index (χ2n) is 4.19. The maximum absolute atomic E-state index is 5.80. The average Bonchev–Trinajstić information content (AvgIpc) is 2.27. The normalized spacial score (nSPS) is 20.8. The van der Waals surface area contributed by atoms with Crippen molar-refractivity contribution in [3.63, 3.8) is 0 Å². The molecule has 1 fully saturated rings. The Bertz CT molecular complexity index is 374. The van der Waals surface area contributed by atoms with Gasteiger partial charge in [0, 0.05) is 12.2 Å². The Balaban J connectivity index is 2.13. The Hall–Kier alpha value is -1.36. The molecule has 0 bridgehead atoms. The smallest absolute Gasteiger partial charge is 0.135 e. The van der Waals surface area contributed by atoms with E-state index in [1.165, 1.54) is 0 Å². The van der Waals surface area contributed by atoms with Gasteiger partial charge in [0.15, 0.2) is 0 Å². The largest absolute Gasteiger partial charge is 0.383 e. The van der Waals surface area contributed by atoms with Crippen LogP contribution in [0.5, 0.6) is 0 Å². The molecule has 0 aromatic carbocycles. The minimum absolute atomic E-state index is 0.334. The van der Waals surface area contributed by atoms with Gasteiger partial charge < -0.3 is 15.8 Å². The molecule has 1 aromatic rings. The Morgan fingerprint density at radius 2 is 2.19 bits per heavy atom. The molecule has 88 valence electrons. The number of nitrogens with zero attached hydrogens (tertiary/aromatic N) is 2. The molecule has 16 heavy (non-hydrogen) atoms. The van der Waals surface area contributed by atoms with Gasteiger partial charge >= 0.3 is 0 Å². The zero-order valence-electron chi connectivity index (χ0n) is 9.79. The van der Waals surface area contributed by atoms with Crippen LogP contribution in [0.15, 0.2) is 0 Å². The van der Waals surface area contributed by atoms with Crippen LogP contribution in [0.4, 0.5) is 11.6 Å². The third-order valence-corrected chi connectivity index (χ3v) is 2.80. The predicted molar refractivity (Wildman–Crippen MR) is 63.4 cm³/mol. The topological polar surface area (TPSA) is 73.1 Å². The van der Waals surface area contributed by atoms with Crippen molar-refractivity contribution in [3.8, 4) is 0 Å². The van der Waals surface area contributed by atoms with Gasteiger partial charge in [0.05, 0.1) is 12.6 Å². The van der Waals surface area contributed by atoms with Crippen LogP contribution in [-0.4, -0.2) is 29.2 Å². The second-order valence-corrected chi connectivity index (χ2v) is 4.19. The number of aryl methyl sites for hydroxylation is 1. The molecule has 1 aliphatic heterocycles. The summed E-state index contributed by atoms with van der Waals surface area (Å²) in [6.45, 7) is 5.38. The molecule has 0 amide bonds. The molecule has 0 aliphatic carbocycles. The first-order valence-electron chi connectivity index (χ1n) is 5.62. The number of ether oxygens (including phenoxy) is 1. The van der Waals surface area contributed by atoms with Crippen molar-refractivity contribution in [3.05, 3.63) is 11.4 Å². The lowest BCUT2D eigenvalue weighted by molar-refractivity contribution is 0.0875. The molecule has 0 spiro atoms. The van der Waals surface area contributed by atoms with Crippen LogP contribution in [-0.2, 0) is 4.74 Å². The van der Waals surface area contributed by atoms with E-state index in [9.17, 15) is 0 Å². The number of hydrogen-bond donors (Lipinski definition) is 2. The van der Waals surface area contributed by atoms with E-state index in [4.69, 9.17) is 10.5 Å². The fourth-order valence-corrected chi connectivity index (χ4v) is 1.84. The summed E-state index contributed by atoms with van der Waals surface area (Å²) in [7, 11) is 0. The van der Waals surface area contributed by atoms with Gasteiger partial charge in [-0.05, 0) is 26.7 Å². The lowest BCUT2D eigenvalue weighted by atomic mass is 10.1. The van der Waals surface area contributed by atoms with Crippen molar-refractivity contribution in [2.75, 3.05) is 24.3 Å². The van der Waals surface area contributed by atoms with Crippen LogP contribution in [0.1, 0.15) is 24.2 Å². The maximum atomic E-state index is 5.80. The molecule has 2 rings (SSSR count). The molecule has 5 heteroatoms. The van der Waals surface area contributed by atoms with Crippen LogP contribution >= 0.6 is 0 Å². The summed E-state index contributed by atoms with van der Waals surface area (Å²) >= 11 is 0. The van der Waals surface area contributed by atoms with Gasteiger partial charge in [0.2, 0.25) is 0 Å². The average molecular weight is 222 g/mol. The van der Waals surface area contributed by atoms with Crippen LogP contribution < -0.4 is 11.1 Å². The number of nitrogen functional groups attached to an aromatic ring is 1. The number of nitrogens with one attached hydrogen (secondary N) is 1. The van der Waals surface area contributed by atoms with E-state index in [0.29, 0.717) is 17.7 Å². The molecule has 0 radical (unpaired) electrons. The summed E-state index contributed by atoms with van der Waals surface area (Å²) < 4.78 is 5.42. The fourth-order valence-electron chi connectivity index (χ4n) is 1.84. The van der Waals surface area contributed by atoms with Crippen molar-refractivity contribution in [2.24, 2.45) is 0 Å². The van der Waals surface area contributed by atoms with Crippen molar-refractivity contribution in [1.29, 1.82) is 0 Å². The summed E-state index contributed by atoms with van der Waals surface area (Å²) in [6, 6.07) is 0.334. The monoisotopic (exact) mass is 222 g/mol. The third-order valence-electron chi connectivity index (χ3n) is 2.80. The Morgan fingerprint density at radius 3 is 2.88 bits per heavy atom. The summed E-state index contributed by atoms with van der Waals surface area (Å²) in [5.74, 6) is 2.08.